The van der Waals surface area contributed by atoms with Gasteiger partial charge in [0.05, 0.1) is 9.38 Å². The van der Waals surface area contributed by atoms with Crippen molar-refractivity contribution in [3.8, 4) is 0 Å². The van der Waals surface area contributed by atoms with Crippen molar-refractivity contribution >= 4 is 50.8 Å². The van der Waals surface area contributed by atoms with Crippen LogP contribution in [0.3, 0.4) is 0 Å². The van der Waals surface area contributed by atoms with Crippen LogP contribution in [0.25, 0.3) is 6.08 Å². The lowest BCUT2D eigenvalue weighted by Crippen LogP contribution is -2.37. The number of carbonyl (C=O) groups is 3. The zero-order valence-corrected chi connectivity index (χ0v) is 16.6. The molecule has 3 amide bonds. The minimum atomic E-state index is -0.572. The Bertz CT molecular complexity index is 997. The number of rotatable bonds is 5. The lowest BCUT2D eigenvalue weighted by Gasteiger charge is -2.13. The molecule has 1 saturated heterocycles. The molecule has 1 aliphatic heterocycles. The Balaban J connectivity index is 1.61. The summed E-state index contributed by atoms with van der Waals surface area (Å²) >= 11 is 3.71. The normalized spacial score (nSPS) is 15.4. The van der Waals surface area contributed by atoms with Crippen molar-refractivity contribution < 1.29 is 23.2 Å². The van der Waals surface area contributed by atoms with Crippen molar-refractivity contribution in [2.45, 2.75) is 0 Å². The van der Waals surface area contributed by atoms with E-state index in [2.05, 4.69) is 21.2 Å². The summed E-state index contributed by atoms with van der Waals surface area (Å²) < 4.78 is 27.5. The molecule has 5 nitrogen and oxygen atoms in total. The van der Waals surface area contributed by atoms with Gasteiger partial charge in [-0.3, -0.25) is 19.3 Å². The van der Waals surface area contributed by atoms with Crippen LogP contribution in [0.2, 0.25) is 0 Å². The number of amides is 3. The molecule has 2 aromatic carbocycles. The highest BCUT2D eigenvalue weighted by Crippen LogP contribution is 2.32. The molecule has 0 radical (unpaired) electrons. The predicted octanol–water partition coefficient (Wildman–Crippen LogP) is 4.19. The molecule has 2 aromatic rings. The molecule has 9 heteroatoms. The second-order valence-electron chi connectivity index (χ2n) is 5.74. The quantitative estimate of drug-likeness (QED) is 0.670. The van der Waals surface area contributed by atoms with Crippen LogP contribution in [0.4, 0.5) is 13.6 Å². The average molecular weight is 467 g/mol. The molecule has 0 spiro atoms. The summed E-state index contributed by atoms with van der Waals surface area (Å²) in [5, 5.41) is 2.03. The van der Waals surface area contributed by atoms with Crippen LogP contribution in [-0.2, 0) is 4.79 Å². The molecule has 1 N–H and O–H groups in total. The fourth-order valence-electron chi connectivity index (χ4n) is 2.45. The number of hydrogen-bond acceptors (Lipinski definition) is 4. The fraction of sp³-hybridized carbons (Fsp3) is 0.105. The smallest absolute Gasteiger partial charge is 0.293 e. The molecule has 0 aliphatic carbocycles. The van der Waals surface area contributed by atoms with Gasteiger partial charge in [0.2, 0.25) is 0 Å². The minimum Gasteiger partial charge on any atom is -0.350 e. The van der Waals surface area contributed by atoms with Gasteiger partial charge in [-0.1, -0.05) is 18.2 Å². The molecular weight excluding hydrogens is 454 g/mol. The number of imide groups is 1. The van der Waals surface area contributed by atoms with E-state index in [0.29, 0.717) is 11.8 Å². The van der Waals surface area contributed by atoms with E-state index >= 15 is 0 Å². The molecule has 1 fully saturated rings. The lowest BCUT2D eigenvalue weighted by atomic mass is 10.2. The Morgan fingerprint density at radius 3 is 2.61 bits per heavy atom. The second-order valence-corrected chi connectivity index (χ2v) is 7.59. The molecule has 0 unspecified atom stereocenters. The van der Waals surface area contributed by atoms with E-state index in [0.717, 1.165) is 11.0 Å². The molecule has 28 heavy (non-hydrogen) atoms. The number of benzene rings is 2. The first kappa shape index (κ1) is 20.2. The van der Waals surface area contributed by atoms with Gasteiger partial charge < -0.3 is 5.32 Å². The van der Waals surface area contributed by atoms with Gasteiger partial charge in [-0.05, 0) is 58.0 Å². The summed E-state index contributed by atoms with van der Waals surface area (Å²) in [7, 11) is 0. The van der Waals surface area contributed by atoms with Gasteiger partial charge in [0.1, 0.15) is 11.6 Å². The average Bonchev–Trinajstić information content (AvgIpc) is 2.93. The van der Waals surface area contributed by atoms with Gasteiger partial charge >= 0.3 is 0 Å². The molecule has 0 bridgehead atoms. The van der Waals surface area contributed by atoms with Crippen LogP contribution in [0.1, 0.15) is 15.9 Å². The number of thioether (sulfide) groups is 1. The topological polar surface area (TPSA) is 66.5 Å². The van der Waals surface area contributed by atoms with Gasteiger partial charge in [0.15, 0.2) is 0 Å². The zero-order chi connectivity index (χ0) is 20.3. The highest BCUT2D eigenvalue weighted by atomic mass is 79.9. The lowest BCUT2D eigenvalue weighted by molar-refractivity contribution is -0.122. The summed E-state index contributed by atoms with van der Waals surface area (Å²) in [6, 6.07) is 9.85. The maximum atomic E-state index is 13.7. The molecule has 0 saturated carbocycles. The van der Waals surface area contributed by atoms with E-state index in [4.69, 9.17) is 0 Å². The largest absolute Gasteiger partial charge is 0.350 e. The van der Waals surface area contributed by atoms with Crippen LogP contribution < -0.4 is 5.32 Å². The van der Waals surface area contributed by atoms with E-state index in [1.807, 2.05) is 0 Å². The number of nitrogens with zero attached hydrogens (tertiary/aromatic N) is 1. The molecule has 144 valence electrons. The third-order valence-electron chi connectivity index (χ3n) is 3.87. The summed E-state index contributed by atoms with van der Waals surface area (Å²) in [6.45, 7) is -0.0500. The van der Waals surface area contributed by atoms with Crippen molar-refractivity contribution in [3.05, 3.63) is 74.6 Å². The van der Waals surface area contributed by atoms with Crippen LogP contribution in [0.15, 0.2) is 51.8 Å². The Labute approximate surface area is 171 Å². The van der Waals surface area contributed by atoms with Gasteiger partial charge in [0, 0.05) is 24.2 Å². The Morgan fingerprint density at radius 1 is 1.14 bits per heavy atom. The van der Waals surface area contributed by atoms with Crippen molar-refractivity contribution in [2.24, 2.45) is 0 Å². The third-order valence-corrected chi connectivity index (χ3v) is 5.42. The molecule has 0 atom stereocenters. The van der Waals surface area contributed by atoms with E-state index in [-0.39, 0.29) is 33.6 Å². The van der Waals surface area contributed by atoms with Crippen LogP contribution in [-0.4, -0.2) is 35.0 Å². The molecule has 1 aliphatic rings. The van der Waals surface area contributed by atoms with Crippen molar-refractivity contribution in [2.75, 3.05) is 13.1 Å². The first-order valence-electron chi connectivity index (χ1n) is 8.10. The Morgan fingerprint density at radius 2 is 1.89 bits per heavy atom. The van der Waals surface area contributed by atoms with Crippen molar-refractivity contribution in [3.63, 3.8) is 0 Å². The van der Waals surface area contributed by atoms with Crippen LogP contribution in [0.5, 0.6) is 0 Å². The van der Waals surface area contributed by atoms with Crippen molar-refractivity contribution in [1.29, 1.82) is 0 Å². The highest BCUT2D eigenvalue weighted by molar-refractivity contribution is 9.10. The molecular formula is C19H13BrF2N2O3S. The Kier molecular flexibility index (Phi) is 6.25. The fourth-order valence-corrected chi connectivity index (χ4v) is 3.55. The van der Waals surface area contributed by atoms with E-state index < -0.39 is 28.7 Å². The summed E-state index contributed by atoms with van der Waals surface area (Å²) in [6.07, 6.45) is 1.32. The molecule has 0 aromatic heterocycles. The maximum Gasteiger partial charge on any atom is 0.293 e. The van der Waals surface area contributed by atoms with Gasteiger partial charge in [-0.25, -0.2) is 8.78 Å². The second kappa shape index (κ2) is 8.66. The predicted molar refractivity (Wildman–Crippen MR) is 106 cm³/mol. The number of nitrogens with one attached hydrogen (secondary N) is 1. The van der Waals surface area contributed by atoms with Gasteiger partial charge in [-0.2, -0.15) is 0 Å². The third kappa shape index (κ3) is 4.48. The SMILES string of the molecule is O=C(NCCN1C(=O)S/C(=C/c2ccccc2F)C1=O)c1ccc(Br)c(F)c1. The first-order valence-corrected chi connectivity index (χ1v) is 9.71. The number of halogens is 3. The van der Waals surface area contributed by atoms with Gasteiger partial charge in [0.25, 0.3) is 17.1 Å². The standard InChI is InChI=1S/C19H13BrF2N2O3S/c20-13-6-5-12(9-15(13)22)17(25)23-7-8-24-18(26)16(28-19(24)27)10-11-3-1-2-4-14(11)21/h1-6,9-10H,7-8H2,(H,23,25)/b16-10+. The van der Waals surface area contributed by atoms with Crippen molar-refractivity contribution in [1.82, 2.24) is 10.2 Å². The van der Waals surface area contributed by atoms with Crippen LogP contribution in [0, 0.1) is 11.6 Å². The first-order chi connectivity index (χ1) is 13.4. The maximum absolute atomic E-state index is 13.7. The monoisotopic (exact) mass is 466 g/mol. The van der Waals surface area contributed by atoms with E-state index in [1.54, 1.807) is 6.07 Å². The minimum absolute atomic E-state index is 0.00152. The number of hydrogen-bond donors (Lipinski definition) is 1. The zero-order valence-electron chi connectivity index (χ0n) is 14.2. The van der Waals surface area contributed by atoms with Crippen LogP contribution >= 0.6 is 27.7 Å². The summed E-state index contributed by atoms with van der Waals surface area (Å²) in [5.41, 5.74) is 0.327. The van der Waals surface area contributed by atoms with E-state index in [9.17, 15) is 23.2 Å². The Hall–Kier alpha value is -2.52. The number of carbonyl (C=O) groups excluding carboxylic acids is 3. The van der Waals surface area contributed by atoms with Gasteiger partial charge in [-0.15, -0.1) is 0 Å². The summed E-state index contributed by atoms with van der Waals surface area (Å²) in [4.78, 5) is 37.6. The molecule has 3 rings (SSSR count). The summed E-state index contributed by atoms with van der Waals surface area (Å²) in [5.74, 6) is -2.15. The highest BCUT2D eigenvalue weighted by Gasteiger charge is 2.34. The molecule has 1 heterocycles. The van der Waals surface area contributed by atoms with E-state index in [1.165, 1.54) is 36.4 Å².